The molecule has 0 aliphatic carbocycles. The Labute approximate surface area is 122 Å². The lowest BCUT2D eigenvalue weighted by molar-refractivity contribution is -0.118. The van der Waals surface area contributed by atoms with Crippen molar-refractivity contribution >= 4 is 17.8 Å². The predicted molar refractivity (Wildman–Crippen MR) is 78.3 cm³/mol. The molecule has 0 unspecified atom stereocenters. The van der Waals surface area contributed by atoms with Crippen molar-refractivity contribution in [2.75, 3.05) is 30.3 Å². The molecule has 2 heterocycles. The molecule has 9 nitrogen and oxygen atoms in total. The fourth-order valence-corrected chi connectivity index (χ4v) is 1.59. The standard InChI is InChI=1S/C12H18N8O/c1-3-14-10-17-11(16-5-4-15-9(2)21)19-12(18-10)20-7-6-13-8-20/h6-8H,3-5H2,1-2H3,(H,15,21)(H2,14,16,17,18,19). The molecule has 0 spiro atoms. The van der Waals surface area contributed by atoms with Crippen LogP contribution in [0.1, 0.15) is 13.8 Å². The first-order valence-electron chi connectivity index (χ1n) is 6.65. The molecule has 0 saturated heterocycles. The van der Waals surface area contributed by atoms with Gasteiger partial charge in [-0.05, 0) is 6.92 Å². The summed E-state index contributed by atoms with van der Waals surface area (Å²) >= 11 is 0. The molecule has 0 aliphatic rings. The van der Waals surface area contributed by atoms with Gasteiger partial charge in [0.05, 0.1) is 0 Å². The van der Waals surface area contributed by atoms with Gasteiger partial charge in [-0.15, -0.1) is 0 Å². The summed E-state index contributed by atoms with van der Waals surface area (Å²) < 4.78 is 1.70. The van der Waals surface area contributed by atoms with E-state index in [-0.39, 0.29) is 5.91 Å². The highest BCUT2D eigenvalue weighted by Gasteiger charge is 2.07. The number of anilines is 2. The number of hydrogen-bond donors (Lipinski definition) is 3. The van der Waals surface area contributed by atoms with E-state index in [4.69, 9.17) is 0 Å². The van der Waals surface area contributed by atoms with Crippen LogP contribution in [-0.2, 0) is 4.79 Å². The zero-order valence-corrected chi connectivity index (χ0v) is 12.0. The Morgan fingerprint density at radius 2 is 1.95 bits per heavy atom. The molecule has 2 aromatic rings. The molecule has 21 heavy (non-hydrogen) atoms. The molecular weight excluding hydrogens is 272 g/mol. The highest BCUT2D eigenvalue weighted by Crippen LogP contribution is 2.08. The average molecular weight is 290 g/mol. The van der Waals surface area contributed by atoms with Crippen LogP contribution in [-0.4, -0.2) is 50.0 Å². The summed E-state index contributed by atoms with van der Waals surface area (Å²) in [5, 5.41) is 8.80. The minimum Gasteiger partial charge on any atom is -0.355 e. The molecule has 0 aliphatic heterocycles. The van der Waals surface area contributed by atoms with Crippen molar-refractivity contribution in [3.63, 3.8) is 0 Å². The molecule has 0 aromatic carbocycles. The molecule has 0 atom stereocenters. The summed E-state index contributed by atoms with van der Waals surface area (Å²) in [6.07, 6.45) is 5.03. The second-order valence-corrected chi connectivity index (χ2v) is 4.19. The van der Waals surface area contributed by atoms with Crippen molar-refractivity contribution in [3.8, 4) is 5.95 Å². The quantitative estimate of drug-likeness (QED) is 0.617. The number of imidazole rings is 1. The number of nitrogens with one attached hydrogen (secondary N) is 3. The minimum absolute atomic E-state index is 0.0695. The van der Waals surface area contributed by atoms with Crippen molar-refractivity contribution in [2.24, 2.45) is 0 Å². The maximum absolute atomic E-state index is 10.8. The number of nitrogens with zero attached hydrogens (tertiary/aromatic N) is 5. The van der Waals surface area contributed by atoms with Gasteiger partial charge in [-0.25, -0.2) is 4.98 Å². The van der Waals surface area contributed by atoms with Crippen LogP contribution in [0.3, 0.4) is 0 Å². The van der Waals surface area contributed by atoms with Gasteiger partial charge in [0.15, 0.2) is 0 Å². The highest BCUT2D eigenvalue weighted by atomic mass is 16.1. The molecule has 3 N–H and O–H groups in total. The molecule has 0 bridgehead atoms. The summed E-state index contributed by atoms with van der Waals surface area (Å²) in [4.78, 5) is 27.6. The number of rotatable bonds is 7. The minimum atomic E-state index is -0.0695. The summed E-state index contributed by atoms with van der Waals surface area (Å²) in [5.74, 6) is 1.33. The van der Waals surface area contributed by atoms with Crippen LogP contribution in [0.15, 0.2) is 18.7 Å². The topological polar surface area (TPSA) is 110 Å². The van der Waals surface area contributed by atoms with Crippen LogP contribution < -0.4 is 16.0 Å². The molecule has 9 heteroatoms. The summed E-state index contributed by atoms with van der Waals surface area (Å²) in [6.45, 7) is 5.17. The smallest absolute Gasteiger partial charge is 0.241 e. The molecule has 2 aromatic heterocycles. The van der Waals surface area contributed by atoms with Gasteiger partial charge in [-0.1, -0.05) is 0 Å². The van der Waals surface area contributed by atoms with Gasteiger partial charge in [-0.2, -0.15) is 15.0 Å². The van der Waals surface area contributed by atoms with Gasteiger partial charge in [0.2, 0.25) is 23.8 Å². The van der Waals surface area contributed by atoms with E-state index >= 15 is 0 Å². The van der Waals surface area contributed by atoms with Gasteiger partial charge in [-0.3, -0.25) is 9.36 Å². The maximum atomic E-state index is 10.8. The lowest BCUT2D eigenvalue weighted by Crippen LogP contribution is -2.27. The van der Waals surface area contributed by atoms with Gasteiger partial charge in [0.25, 0.3) is 0 Å². The van der Waals surface area contributed by atoms with Crippen LogP contribution in [0.2, 0.25) is 0 Å². The van der Waals surface area contributed by atoms with Crippen molar-refractivity contribution < 1.29 is 4.79 Å². The fraction of sp³-hybridized carbons (Fsp3) is 0.417. The van der Waals surface area contributed by atoms with Crippen LogP contribution in [0, 0.1) is 0 Å². The Hall–Kier alpha value is -2.71. The SMILES string of the molecule is CCNc1nc(NCCNC(C)=O)nc(-n2ccnc2)n1. The number of hydrogen-bond acceptors (Lipinski definition) is 7. The number of aromatic nitrogens is 5. The Balaban J connectivity index is 2.10. The lowest BCUT2D eigenvalue weighted by atomic mass is 10.5. The van der Waals surface area contributed by atoms with Gasteiger partial charge in [0, 0.05) is 39.0 Å². The first kappa shape index (κ1) is 14.7. The van der Waals surface area contributed by atoms with Gasteiger partial charge >= 0.3 is 0 Å². The Bertz CT molecular complexity index is 583. The first-order valence-corrected chi connectivity index (χ1v) is 6.65. The molecule has 0 saturated carbocycles. The third kappa shape index (κ3) is 4.41. The monoisotopic (exact) mass is 290 g/mol. The zero-order valence-electron chi connectivity index (χ0n) is 12.0. The zero-order chi connectivity index (χ0) is 15.1. The van der Waals surface area contributed by atoms with Crippen molar-refractivity contribution in [1.29, 1.82) is 0 Å². The van der Waals surface area contributed by atoms with E-state index < -0.39 is 0 Å². The molecule has 112 valence electrons. The van der Waals surface area contributed by atoms with Crippen LogP contribution in [0.25, 0.3) is 5.95 Å². The van der Waals surface area contributed by atoms with Crippen molar-refractivity contribution in [2.45, 2.75) is 13.8 Å². The molecule has 1 amide bonds. The highest BCUT2D eigenvalue weighted by molar-refractivity contribution is 5.72. The van der Waals surface area contributed by atoms with Crippen LogP contribution in [0.5, 0.6) is 0 Å². The molecule has 0 fully saturated rings. The number of carbonyl (C=O) groups is 1. The van der Waals surface area contributed by atoms with E-state index in [1.54, 1.807) is 23.3 Å². The third-order valence-corrected chi connectivity index (χ3v) is 2.48. The van der Waals surface area contributed by atoms with E-state index in [0.717, 1.165) is 0 Å². The summed E-state index contributed by atoms with van der Waals surface area (Å²) in [5.41, 5.74) is 0. The second kappa shape index (κ2) is 7.17. The fourth-order valence-electron chi connectivity index (χ4n) is 1.59. The van der Waals surface area contributed by atoms with Gasteiger partial charge in [0.1, 0.15) is 6.33 Å². The molecule has 0 radical (unpaired) electrons. The van der Waals surface area contributed by atoms with E-state index in [1.807, 2.05) is 6.92 Å². The van der Waals surface area contributed by atoms with E-state index in [9.17, 15) is 4.79 Å². The maximum Gasteiger partial charge on any atom is 0.241 e. The Morgan fingerprint density at radius 3 is 2.57 bits per heavy atom. The Morgan fingerprint density at radius 1 is 1.19 bits per heavy atom. The first-order chi connectivity index (χ1) is 10.2. The van der Waals surface area contributed by atoms with E-state index in [2.05, 4.69) is 35.9 Å². The average Bonchev–Trinajstić information content (AvgIpc) is 2.98. The third-order valence-electron chi connectivity index (χ3n) is 2.48. The van der Waals surface area contributed by atoms with Crippen LogP contribution >= 0.6 is 0 Å². The van der Waals surface area contributed by atoms with E-state index in [1.165, 1.54) is 6.92 Å². The summed E-state index contributed by atoms with van der Waals surface area (Å²) in [6, 6.07) is 0. The van der Waals surface area contributed by atoms with Crippen molar-refractivity contribution in [3.05, 3.63) is 18.7 Å². The number of carbonyl (C=O) groups excluding carboxylic acids is 1. The largest absolute Gasteiger partial charge is 0.355 e. The molecular formula is C12H18N8O. The number of amides is 1. The second-order valence-electron chi connectivity index (χ2n) is 4.19. The van der Waals surface area contributed by atoms with E-state index in [0.29, 0.717) is 37.5 Å². The normalized spacial score (nSPS) is 10.2. The Kier molecular flexibility index (Phi) is 5.02. The summed E-state index contributed by atoms with van der Waals surface area (Å²) in [7, 11) is 0. The van der Waals surface area contributed by atoms with Gasteiger partial charge < -0.3 is 16.0 Å². The van der Waals surface area contributed by atoms with Crippen LogP contribution in [0.4, 0.5) is 11.9 Å². The van der Waals surface area contributed by atoms with Crippen molar-refractivity contribution in [1.82, 2.24) is 29.8 Å². The lowest BCUT2D eigenvalue weighted by Gasteiger charge is -2.09. The molecule has 2 rings (SSSR count). The predicted octanol–water partition coefficient (Wildman–Crippen LogP) is 0.0371.